The smallest absolute Gasteiger partial charge is 0.329 e. The zero-order valence-electron chi connectivity index (χ0n) is 10.3. The van der Waals surface area contributed by atoms with Crippen LogP contribution in [-0.2, 0) is 9.59 Å². The number of hydrogen-bond acceptors (Lipinski definition) is 2. The van der Waals surface area contributed by atoms with E-state index in [0.29, 0.717) is 12.8 Å². The average molecular weight is 227 g/mol. The summed E-state index contributed by atoms with van der Waals surface area (Å²) in [6.07, 6.45) is 3.75. The lowest BCUT2D eigenvalue weighted by Gasteiger charge is -2.29. The van der Waals surface area contributed by atoms with Gasteiger partial charge in [0.2, 0.25) is 5.91 Å². The van der Waals surface area contributed by atoms with Crippen LogP contribution in [0, 0.1) is 5.41 Å². The van der Waals surface area contributed by atoms with E-state index in [1.54, 1.807) is 0 Å². The van der Waals surface area contributed by atoms with Crippen molar-refractivity contribution < 1.29 is 14.7 Å². The molecule has 0 radical (unpaired) electrons. The van der Waals surface area contributed by atoms with Gasteiger partial charge in [-0.15, -0.1) is 0 Å². The Bertz CT molecular complexity index is 299. The average Bonchev–Trinajstić information content (AvgIpc) is 2.25. The van der Waals surface area contributed by atoms with Gasteiger partial charge in [-0.05, 0) is 37.5 Å². The maximum atomic E-state index is 11.4. The van der Waals surface area contributed by atoms with Gasteiger partial charge in [0.15, 0.2) is 0 Å². The van der Waals surface area contributed by atoms with E-state index in [-0.39, 0.29) is 11.3 Å². The van der Waals surface area contributed by atoms with Crippen molar-refractivity contribution in [1.29, 1.82) is 0 Å². The predicted octanol–water partition coefficient (Wildman–Crippen LogP) is 1.94. The summed E-state index contributed by atoms with van der Waals surface area (Å²) in [5.41, 5.74) is -0.866. The molecule has 92 valence electrons. The zero-order chi connectivity index (χ0) is 12.4. The highest BCUT2D eigenvalue weighted by Crippen LogP contribution is 2.38. The van der Waals surface area contributed by atoms with Gasteiger partial charge in [0.25, 0.3) is 0 Å². The number of carbonyl (C=O) groups is 2. The molecular weight excluding hydrogens is 206 g/mol. The molecule has 0 spiro atoms. The van der Waals surface area contributed by atoms with Gasteiger partial charge in [0, 0.05) is 6.92 Å². The highest BCUT2D eigenvalue weighted by molar-refractivity contribution is 5.86. The minimum Gasteiger partial charge on any atom is -0.480 e. The van der Waals surface area contributed by atoms with Crippen LogP contribution in [0.4, 0.5) is 0 Å². The van der Waals surface area contributed by atoms with Crippen molar-refractivity contribution in [2.75, 3.05) is 0 Å². The predicted molar refractivity (Wildman–Crippen MR) is 61.0 cm³/mol. The van der Waals surface area contributed by atoms with E-state index in [0.717, 1.165) is 19.3 Å². The summed E-state index contributed by atoms with van der Waals surface area (Å²) in [5, 5.41) is 12.0. The fraction of sp³-hybridized carbons (Fsp3) is 0.833. The molecule has 1 saturated carbocycles. The molecule has 4 nitrogen and oxygen atoms in total. The molecule has 16 heavy (non-hydrogen) atoms. The third-order valence-electron chi connectivity index (χ3n) is 3.51. The third-order valence-corrected chi connectivity index (χ3v) is 3.51. The van der Waals surface area contributed by atoms with Crippen LogP contribution in [0.3, 0.4) is 0 Å². The zero-order valence-corrected chi connectivity index (χ0v) is 10.3. The number of carboxylic acids is 1. The second kappa shape index (κ2) is 4.44. The van der Waals surface area contributed by atoms with Crippen LogP contribution in [0.1, 0.15) is 52.9 Å². The molecule has 1 unspecified atom stereocenters. The largest absolute Gasteiger partial charge is 0.480 e. The molecule has 0 aromatic heterocycles. The molecule has 1 fully saturated rings. The van der Waals surface area contributed by atoms with Crippen LogP contribution < -0.4 is 5.32 Å². The van der Waals surface area contributed by atoms with Crippen LogP contribution in [0.2, 0.25) is 0 Å². The van der Waals surface area contributed by atoms with Crippen molar-refractivity contribution in [3.05, 3.63) is 0 Å². The fourth-order valence-corrected chi connectivity index (χ4v) is 2.40. The van der Waals surface area contributed by atoms with E-state index in [2.05, 4.69) is 19.2 Å². The molecule has 1 atom stereocenters. The van der Waals surface area contributed by atoms with Gasteiger partial charge in [-0.2, -0.15) is 0 Å². The van der Waals surface area contributed by atoms with Crippen molar-refractivity contribution in [3.8, 4) is 0 Å². The number of carbonyl (C=O) groups excluding carboxylic acids is 1. The van der Waals surface area contributed by atoms with Crippen molar-refractivity contribution in [1.82, 2.24) is 5.32 Å². The van der Waals surface area contributed by atoms with Crippen LogP contribution in [-0.4, -0.2) is 22.5 Å². The lowest BCUT2D eigenvalue weighted by Crippen LogP contribution is -2.53. The van der Waals surface area contributed by atoms with Gasteiger partial charge < -0.3 is 10.4 Å². The summed E-state index contributed by atoms with van der Waals surface area (Å²) in [4.78, 5) is 22.5. The lowest BCUT2D eigenvalue weighted by molar-refractivity contribution is -0.148. The molecule has 0 bridgehead atoms. The van der Waals surface area contributed by atoms with E-state index < -0.39 is 11.5 Å². The van der Waals surface area contributed by atoms with E-state index in [9.17, 15) is 14.7 Å². The maximum Gasteiger partial charge on any atom is 0.329 e. The Morgan fingerprint density at radius 2 is 1.75 bits per heavy atom. The molecule has 1 rings (SSSR count). The standard InChI is InChI=1S/C12H21NO3/c1-9(14)13-12(10(15)16)6-4-5-11(2,3)7-8-12/h4-8H2,1-3H3,(H,13,14)(H,15,16). The quantitative estimate of drug-likeness (QED) is 0.708. The summed E-state index contributed by atoms with van der Waals surface area (Å²) in [6, 6.07) is 0. The Kier molecular flexibility index (Phi) is 3.61. The van der Waals surface area contributed by atoms with Gasteiger partial charge in [-0.3, -0.25) is 4.79 Å². The first-order valence-electron chi connectivity index (χ1n) is 5.80. The molecule has 1 aliphatic carbocycles. The van der Waals surface area contributed by atoms with E-state index in [4.69, 9.17) is 0 Å². The van der Waals surface area contributed by atoms with Crippen molar-refractivity contribution in [2.24, 2.45) is 5.41 Å². The Hall–Kier alpha value is -1.06. The molecule has 0 aliphatic heterocycles. The molecule has 0 aromatic rings. The maximum absolute atomic E-state index is 11.4. The summed E-state index contributed by atoms with van der Waals surface area (Å²) in [7, 11) is 0. The van der Waals surface area contributed by atoms with Gasteiger partial charge >= 0.3 is 5.97 Å². The van der Waals surface area contributed by atoms with E-state index in [1.165, 1.54) is 6.92 Å². The Labute approximate surface area is 96.4 Å². The first-order valence-corrected chi connectivity index (χ1v) is 5.80. The summed E-state index contributed by atoms with van der Waals surface area (Å²) >= 11 is 0. The molecule has 1 aliphatic rings. The Balaban J connectivity index is 2.86. The van der Waals surface area contributed by atoms with Gasteiger partial charge in [-0.25, -0.2) is 4.79 Å². The van der Waals surface area contributed by atoms with Crippen molar-refractivity contribution >= 4 is 11.9 Å². The van der Waals surface area contributed by atoms with Crippen LogP contribution >= 0.6 is 0 Å². The summed E-state index contributed by atoms with van der Waals surface area (Å²) < 4.78 is 0. The minimum absolute atomic E-state index is 0.176. The topological polar surface area (TPSA) is 66.4 Å². The summed E-state index contributed by atoms with van der Waals surface area (Å²) in [6.45, 7) is 5.68. The minimum atomic E-state index is -1.04. The number of amides is 1. The number of nitrogens with one attached hydrogen (secondary N) is 1. The van der Waals surface area contributed by atoms with Crippen molar-refractivity contribution in [2.45, 2.75) is 58.4 Å². The number of rotatable bonds is 2. The highest BCUT2D eigenvalue weighted by atomic mass is 16.4. The number of carboxylic acid groups (broad SMARTS) is 1. The van der Waals surface area contributed by atoms with E-state index >= 15 is 0 Å². The van der Waals surface area contributed by atoms with Crippen LogP contribution in [0.15, 0.2) is 0 Å². The number of aliphatic carboxylic acids is 1. The fourth-order valence-electron chi connectivity index (χ4n) is 2.40. The van der Waals surface area contributed by atoms with E-state index in [1.807, 2.05) is 0 Å². The van der Waals surface area contributed by atoms with Crippen LogP contribution in [0.5, 0.6) is 0 Å². The second-order valence-corrected chi connectivity index (χ2v) is 5.59. The molecular formula is C12H21NO3. The monoisotopic (exact) mass is 227 g/mol. The Morgan fingerprint density at radius 3 is 2.25 bits per heavy atom. The highest BCUT2D eigenvalue weighted by Gasteiger charge is 2.42. The molecule has 4 heteroatoms. The third kappa shape index (κ3) is 2.97. The number of hydrogen-bond donors (Lipinski definition) is 2. The molecule has 0 aromatic carbocycles. The van der Waals surface area contributed by atoms with Gasteiger partial charge in [0.1, 0.15) is 5.54 Å². The second-order valence-electron chi connectivity index (χ2n) is 5.59. The van der Waals surface area contributed by atoms with Gasteiger partial charge in [0.05, 0.1) is 0 Å². The molecule has 0 saturated heterocycles. The molecule has 2 N–H and O–H groups in total. The van der Waals surface area contributed by atoms with Crippen LogP contribution in [0.25, 0.3) is 0 Å². The lowest BCUT2D eigenvalue weighted by atomic mass is 9.83. The van der Waals surface area contributed by atoms with Crippen molar-refractivity contribution in [3.63, 3.8) is 0 Å². The summed E-state index contributed by atoms with van der Waals surface area (Å²) in [5.74, 6) is -1.16. The normalized spacial score (nSPS) is 29.2. The molecule has 1 amide bonds. The first-order chi connectivity index (χ1) is 7.27. The molecule has 0 heterocycles. The SMILES string of the molecule is CC(=O)NC1(C(=O)O)CCCC(C)(C)CC1. The Morgan fingerprint density at radius 1 is 1.12 bits per heavy atom. The first kappa shape index (κ1) is 13.0. The van der Waals surface area contributed by atoms with Gasteiger partial charge in [-0.1, -0.05) is 13.8 Å².